The van der Waals surface area contributed by atoms with E-state index >= 15 is 0 Å². The first-order valence-corrected chi connectivity index (χ1v) is 16.6. The number of pyridine rings is 2. The SMILES string of the molecule is CC(=O)Nc1cc(S(C)(=O)=O)ccc1Oc1ccc(CN2CCC(N(C(=O)Nc3ccc(C)nc3)c3cccc(F)c3)CC2)cn1. The van der Waals surface area contributed by atoms with Crippen LogP contribution in [0.15, 0.2) is 84.0 Å². The van der Waals surface area contributed by atoms with Gasteiger partial charge in [0.25, 0.3) is 0 Å². The average molecular weight is 647 g/mol. The highest BCUT2D eigenvalue weighted by atomic mass is 32.2. The molecule has 46 heavy (non-hydrogen) atoms. The number of sulfone groups is 1. The summed E-state index contributed by atoms with van der Waals surface area (Å²) in [6.45, 7) is 5.23. The molecule has 11 nitrogen and oxygen atoms in total. The zero-order chi connectivity index (χ0) is 32.8. The summed E-state index contributed by atoms with van der Waals surface area (Å²) in [5.41, 5.74) is 3.06. The van der Waals surface area contributed by atoms with Crippen LogP contribution in [0.4, 0.5) is 26.2 Å². The van der Waals surface area contributed by atoms with Crippen LogP contribution in [0.2, 0.25) is 0 Å². The molecular weight excluding hydrogens is 611 g/mol. The highest BCUT2D eigenvalue weighted by Crippen LogP contribution is 2.32. The summed E-state index contributed by atoms with van der Waals surface area (Å²) in [6.07, 6.45) is 5.75. The lowest BCUT2D eigenvalue weighted by Gasteiger charge is -2.38. The van der Waals surface area contributed by atoms with Crippen molar-refractivity contribution in [1.82, 2.24) is 14.9 Å². The molecule has 240 valence electrons. The van der Waals surface area contributed by atoms with Crippen LogP contribution in [0.5, 0.6) is 11.6 Å². The molecule has 0 aliphatic carbocycles. The van der Waals surface area contributed by atoms with Crippen molar-refractivity contribution in [2.75, 3.05) is 34.9 Å². The van der Waals surface area contributed by atoms with Gasteiger partial charge >= 0.3 is 6.03 Å². The minimum atomic E-state index is -3.48. The summed E-state index contributed by atoms with van der Waals surface area (Å²) in [5, 5.41) is 5.51. The number of hydrogen-bond acceptors (Lipinski definition) is 8. The van der Waals surface area contributed by atoms with E-state index in [9.17, 15) is 22.4 Å². The molecule has 3 amide bonds. The van der Waals surface area contributed by atoms with E-state index in [1.165, 1.54) is 37.3 Å². The molecule has 0 saturated carbocycles. The van der Waals surface area contributed by atoms with Gasteiger partial charge in [0.1, 0.15) is 5.82 Å². The molecule has 13 heteroatoms. The van der Waals surface area contributed by atoms with Gasteiger partial charge in [-0.25, -0.2) is 22.6 Å². The lowest BCUT2D eigenvalue weighted by Crippen LogP contribution is -2.49. The number of carbonyl (C=O) groups is 2. The van der Waals surface area contributed by atoms with Crippen molar-refractivity contribution in [1.29, 1.82) is 0 Å². The quantitative estimate of drug-likeness (QED) is 0.234. The second-order valence-corrected chi connectivity index (χ2v) is 13.2. The molecule has 0 atom stereocenters. The highest BCUT2D eigenvalue weighted by Gasteiger charge is 2.30. The van der Waals surface area contributed by atoms with Crippen molar-refractivity contribution in [3.8, 4) is 11.6 Å². The molecule has 2 N–H and O–H groups in total. The highest BCUT2D eigenvalue weighted by molar-refractivity contribution is 7.90. The molecule has 0 radical (unpaired) electrons. The molecule has 1 aliphatic heterocycles. The standard InChI is InChI=1S/C33H35FN6O5S/c1-22-7-9-26(20-35-22)38-33(42)40(28-6-4-5-25(34)17-28)27-13-15-39(16-14-27)21-24-8-12-32(36-19-24)45-31-11-10-29(46(3,43)44)18-30(31)37-23(2)41/h4-12,17-20,27H,13-16,21H2,1-3H3,(H,37,41)(H,38,42). The first-order valence-electron chi connectivity index (χ1n) is 14.7. The van der Waals surface area contributed by atoms with Crippen molar-refractivity contribution >= 4 is 38.8 Å². The molecule has 1 aliphatic rings. The van der Waals surface area contributed by atoms with Gasteiger partial charge in [0.05, 0.1) is 22.5 Å². The number of aryl methyl sites for hydroxylation is 1. The fourth-order valence-electron chi connectivity index (χ4n) is 5.23. The van der Waals surface area contributed by atoms with Crippen LogP contribution < -0.4 is 20.3 Å². The van der Waals surface area contributed by atoms with Gasteiger partial charge in [-0.3, -0.25) is 19.6 Å². The number of halogens is 1. The van der Waals surface area contributed by atoms with Crippen LogP contribution >= 0.6 is 0 Å². The van der Waals surface area contributed by atoms with Crippen molar-refractivity contribution in [2.24, 2.45) is 0 Å². The Morgan fingerprint density at radius 2 is 1.78 bits per heavy atom. The Hall–Kier alpha value is -4.88. The zero-order valence-electron chi connectivity index (χ0n) is 25.7. The minimum absolute atomic E-state index is 0.0546. The Morgan fingerprint density at radius 1 is 1.00 bits per heavy atom. The number of likely N-dealkylation sites (tertiary alicyclic amines) is 1. The number of hydrogen-bond donors (Lipinski definition) is 2. The predicted molar refractivity (Wildman–Crippen MR) is 173 cm³/mol. The van der Waals surface area contributed by atoms with Crippen molar-refractivity contribution < 1.29 is 27.1 Å². The number of anilines is 3. The number of rotatable bonds is 9. The maximum absolute atomic E-state index is 14.2. The average Bonchev–Trinajstić information content (AvgIpc) is 3.00. The number of amides is 3. The van der Waals surface area contributed by atoms with Crippen molar-refractivity contribution in [3.63, 3.8) is 0 Å². The molecule has 2 aromatic heterocycles. The third kappa shape index (κ3) is 8.43. The Bertz CT molecular complexity index is 1810. The van der Waals surface area contributed by atoms with Gasteiger partial charge < -0.3 is 15.4 Å². The van der Waals surface area contributed by atoms with E-state index in [1.807, 2.05) is 19.1 Å². The van der Waals surface area contributed by atoms with Crippen LogP contribution in [0.1, 0.15) is 31.0 Å². The van der Waals surface area contributed by atoms with E-state index in [1.54, 1.807) is 41.6 Å². The number of nitrogens with zero attached hydrogens (tertiary/aromatic N) is 4. The van der Waals surface area contributed by atoms with Gasteiger partial charge in [0, 0.05) is 62.5 Å². The number of carbonyl (C=O) groups excluding carboxylic acids is 2. The molecule has 0 unspecified atom stereocenters. The largest absolute Gasteiger partial charge is 0.437 e. The summed E-state index contributed by atoms with van der Waals surface area (Å²) in [5.74, 6) is -0.245. The van der Waals surface area contributed by atoms with Crippen LogP contribution in [0.3, 0.4) is 0 Å². The number of benzene rings is 2. The maximum atomic E-state index is 14.2. The summed E-state index contributed by atoms with van der Waals surface area (Å²) in [6, 6.07) is 17.0. The van der Waals surface area contributed by atoms with Gasteiger partial charge in [-0.1, -0.05) is 12.1 Å². The molecule has 1 saturated heterocycles. The Kier molecular flexibility index (Phi) is 9.93. The predicted octanol–water partition coefficient (Wildman–Crippen LogP) is 5.78. The maximum Gasteiger partial charge on any atom is 0.326 e. The lowest BCUT2D eigenvalue weighted by molar-refractivity contribution is -0.114. The molecular formula is C33H35FN6O5S. The topological polar surface area (TPSA) is 134 Å². The fourth-order valence-corrected chi connectivity index (χ4v) is 5.88. The normalized spacial score (nSPS) is 14.0. The van der Waals surface area contributed by atoms with Gasteiger partial charge in [-0.2, -0.15) is 0 Å². The lowest BCUT2D eigenvalue weighted by atomic mass is 10.0. The molecule has 4 aromatic rings. The smallest absolute Gasteiger partial charge is 0.326 e. The number of nitrogens with one attached hydrogen (secondary N) is 2. The monoisotopic (exact) mass is 646 g/mol. The number of urea groups is 1. The van der Waals surface area contributed by atoms with E-state index in [-0.39, 0.29) is 40.2 Å². The Balaban J connectivity index is 1.22. The van der Waals surface area contributed by atoms with Crippen LogP contribution in [-0.4, -0.2) is 60.6 Å². The summed E-state index contributed by atoms with van der Waals surface area (Å²) >= 11 is 0. The van der Waals surface area contributed by atoms with Gasteiger partial charge in [-0.05, 0) is 73.9 Å². The molecule has 3 heterocycles. The number of ether oxygens (including phenoxy) is 1. The zero-order valence-corrected chi connectivity index (χ0v) is 26.6. The molecule has 0 bridgehead atoms. The summed E-state index contributed by atoms with van der Waals surface area (Å²) < 4.78 is 44.0. The van der Waals surface area contributed by atoms with Crippen LogP contribution in [0.25, 0.3) is 0 Å². The van der Waals surface area contributed by atoms with Crippen molar-refractivity contribution in [3.05, 3.63) is 96.2 Å². The van der Waals surface area contributed by atoms with E-state index in [4.69, 9.17) is 4.74 Å². The Morgan fingerprint density at radius 3 is 2.41 bits per heavy atom. The number of aromatic nitrogens is 2. The van der Waals surface area contributed by atoms with E-state index in [0.29, 0.717) is 43.9 Å². The van der Waals surface area contributed by atoms with Crippen LogP contribution in [-0.2, 0) is 21.2 Å². The van der Waals surface area contributed by atoms with E-state index in [0.717, 1.165) is 17.5 Å². The Labute approximate surface area is 267 Å². The van der Waals surface area contributed by atoms with Crippen LogP contribution in [0, 0.1) is 12.7 Å². The van der Waals surface area contributed by atoms with Gasteiger partial charge in [0.2, 0.25) is 11.8 Å². The van der Waals surface area contributed by atoms with E-state index < -0.39 is 15.7 Å². The molecule has 0 spiro atoms. The van der Waals surface area contributed by atoms with E-state index in [2.05, 4.69) is 25.5 Å². The summed E-state index contributed by atoms with van der Waals surface area (Å²) in [7, 11) is -3.48. The number of piperidine rings is 1. The van der Waals surface area contributed by atoms with Gasteiger partial charge in [0.15, 0.2) is 15.6 Å². The molecule has 1 fully saturated rings. The molecule has 5 rings (SSSR count). The second kappa shape index (κ2) is 14.0. The third-order valence-electron chi connectivity index (χ3n) is 7.50. The van der Waals surface area contributed by atoms with Crippen molar-refractivity contribution in [2.45, 2.75) is 44.2 Å². The third-order valence-corrected chi connectivity index (χ3v) is 8.61. The fraction of sp³-hybridized carbons (Fsp3) is 0.273. The van der Waals surface area contributed by atoms with Gasteiger partial charge in [-0.15, -0.1) is 0 Å². The molecule has 2 aromatic carbocycles. The summed E-state index contributed by atoms with van der Waals surface area (Å²) in [4.78, 5) is 37.8. The second-order valence-electron chi connectivity index (χ2n) is 11.2. The first-order chi connectivity index (χ1) is 21.9. The minimum Gasteiger partial charge on any atom is -0.437 e. The first kappa shape index (κ1) is 32.5.